The Bertz CT molecular complexity index is 1160. The van der Waals surface area contributed by atoms with Crippen LogP contribution >= 0.6 is 11.6 Å². The summed E-state index contributed by atoms with van der Waals surface area (Å²) in [5, 5.41) is 11.0. The van der Waals surface area contributed by atoms with Crippen molar-refractivity contribution in [2.24, 2.45) is 0 Å². The molecule has 0 saturated heterocycles. The number of ether oxygens (including phenoxy) is 2. The average Bonchev–Trinajstić information content (AvgIpc) is 3.04. The van der Waals surface area contributed by atoms with Crippen LogP contribution in [0.5, 0.6) is 5.75 Å². The quantitative estimate of drug-likeness (QED) is 0.456. The Balaban J connectivity index is 2.39. The molecule has 0 spiro atoms. The van der Waals surface area contributed by atoms with E-state index in [1.807, 2.05) is 39.0 Å². The summed E-state index contributed by atoms with van der Waals surface area (Å²) in [7, 11) is 0. The molecule has 0 saturated carbocycles. The summed E-state index contributed by atoms with van der Waals surface area (Å²) < 4.78 is 12.8. The van der Waals surface area contributed by atoms with Crippen molar-refractivity contribution in [3.63, 3.8) is 0 Å². The van der Waals surface area contributed by atoms with Gasteiger partial charge in [-0.05, 0) is 63.9 Å². The molecule has 2 aromatic carbocycles. The predicted molar refractivity (Wildman–Crippen MR) is 125 cm³/mol. The SMILES string of the molecule is CCOC(=O)c1c(C)n(C(C)C)c2cccc(C(C(=O)OCC)c3ccc(Cl)c(O)c3)c12. The van der Waals surface area contributed by atoms with Gasteiger partial charge in [-0.1, -0.05) is 29.8 Å². The first-order valence-corrected chi connectivity index (χ1v) is 11.1. The highest BCUT2D eigenvalue weighted by molar-refractivity contribution is 6.32. The monoisotopic (exact) mass is 457 g/mol. The topological polar surface area (TPSA) is 77.8 Å². The first kappa shape index (κ1) is 23.7. The number of fused-ring (bicyclic) bond motifs is 1. The summed E-state index contributed by atoms with van der Waals surface area (Å²) in [5.41, 5.74) is 3.14. The van der Waals surface area contributed by atoms with E-state index in [-0.39, 0.29) is 30.0 Å². The number of phenolic OH excluding ortho intramolecular Hbond substituents is 1. The van der Waals surface area contributed by atoms with Crippen LogP contribution in [0, 0.1) is 6.92 Å². The summed E-state index contributed by atoms with van der Waals surface area (Å²) in [6, 6.07) is 10.3. The molecule has 0 fully saturated rings. The number of benzene rings is 2. The summed E-state index contributed by atoms with van der Waals surface area (Å²) in [6.07, 6.45) is 0. The molecule has 0 amide bonds. The first-order valence-electron chi connectivity index (χ1n) is 10.7. The molecule has 0 aliphatic rings. The zero-order valence-electron chi connectivity index (χ0n) is 18.9. The van der Waals surface area contributed by atoms with Gasteiger partial charge < -0.3 is 19.1 Å². The van der Waals surface area contributed by atoms with Crippen molar-refractivity contribution in [2.75, 3.05) is 13.2 Å². The number of esters is 2. The number of aromatic nitrogens is 1. The van der Waals surface area contributed by atoms with E-state index in [9.17, 15) is 14.7 Å². The van der Waals surface area contributed by atoms with Gasteiger partial charge in [0.25, 0.3) is 0 Å². The van der Waals surface area contributed by atoms with E-state index >= 15 is 0 Å². The van der Waals surface area contributed by atoms with Gasteiger partial charge in [0.1, 0.15) is 11.7 Å². The second-order valence-electron chi connectivity index (χ2n) is 7.78. The van der Waals surface area contributed by atoms with Crippen molar-refractivity contribution in [1.82, 2.24) is 4.57 Å². The molecule has 32 heavy (non-hydrogen) atoms. The van der Waals surface area contributed by atoms with Gasteiger partial charge in [-0.15, -0.1) is 0 Å². The fraction of sp³-hybridized carbons (Fsp3) is 0.360. The van der Waals surface area contributed by atoms with Crippen LogP contribution in [0.25, 0.3) is 10.9 Å². The van der Waals surface area contributed by atoms with Crippen molar-refractivity contribution in [3.8, 4) is 5.75 Å². The van der Waals surface area contributed by atoms with Gasteiger partial charge in [0.2, 0.25) is 0 Å². The Hall–Kier alpha value is -2.99. The summed E-state index contributed by atoms with van der Waals surface area (Å²) >= 11 is 6.00. The molecular formula is C25H28ClNO5. The van der Waals surface area contributed by atoms with Crippen molar-refractivity contribution >= 4 is 34.4 Å². The molecule has 170 valence electrons. The van der Waals surface area contributed by atoms with E-state index in [1.165, 1.54) is 12.1 Å². The largest absolute Gasteiger partial charge is 0.506 e. The number of halogens is 1. The fourth-order valence-corrected chi connectivity index (χ4v) is 4.37. The van der Waals surface area contributed by atoms with Gasteiger partial charge >= 0.3 is 11.9 Å². The van der Waals surface area contributed by atoms with Crippen molar-refractivity contribution in [2.45, 2.75) is 46.6 Å². The van der Waals surface area contributed by atoms with Gasteiger partial charge in [0.05, 0.1) is 23.8 Å². The van der Waals surface area contributed by atoms with Crippen LogP contribution in [-0.2, 0) is 14.3 Å². The van der Waals surface area contributed by atoms with Gasteiger partial charge in [-0.3, -0.25) is 4.79 Å². The normalized spacial score (nSPS) is 12.2. The maximum Gasteiger partial charge on any atom is 0.340 e. The molecule has 1 heterocycles. The highest BCUT2D eigenvalue weighted by Gasteiger charge is 2.31. The lowest BCUT2D eigenvalue weighted by Gasteiger charge is -2.19. The third-order valence-corrected chi connectivity index (χ3v) is 5.76. The highest BCUT2D eigenvalue weighted by Crippen LogP contribution is 2.39. The minimum Gasteiger partial charge on any atom is -0.506 e. The first-order chi connectivity index (χ1) is 15.2. The van der Waals surface area contributed by atoms with E-state index in [1.54, 1.807) is 19.9 Å². The Morgan fingerprint density at radius 3 is 2.38 bits per heavy atom. The number of carbonyl (C=O) groups excluding carboxylic acids is 2. The third-order valence-electron chi connectivity index (χ3n) is 5.44. The number of aromatic hydroxyl groups is 1. The second kappa shape index (κ2) is 9.65. The second-order valence-corrected chi connectivity index (χ2v) is 8.19. The van der Waals surface area contributed by atoms with Crippen molar-refractivity contribution < 1.29 is 24.2 Å². The Morgan fingerprint density at radius 1 is 1.09 bits per heavy atom. The Kier molecular flexibility index (Phi) is 7.14. The maximum atomic E-state index is 13.2. The van der Waals surface area contributed by atoms with Crippen LogP contribution < -0.4 is 0 Å². The highest BCUT2D eigenvalue weighted by atomic mass is 35.5. The minimum atomic E-state index is -0.864. The van der Waals surface area contributed by atoms with Crippen molar-refractivity contribution in [3.05, 3.63) is 63.8 Å². The molecule has 1 N–H and O–H groups in total. The molecule has 7 heteroatoms. The van der Waals surface area contributed by atoms with Gasteiger partial charge in [0.15, 0.2) is 0 Å². The molecule has 1 unspecified atom stereocenters. The molecule has 1 atom stereocenters. The minimum absolute atomic E-state index is 0.0801. The van der Waals surface area contributed by atoms with Gasteiger partial charge in [0, 0.05) is 22.6 Å². The molecule has 6 nitrogen and oxygen atoms in total. The lowest BCUT2D eigenvalue weighted by molar-refractivity contribution is -0.143. The number of phenols is 1. The van der Waals surface area contributed by atoms with Crippen LogP contribution in [0.1, 0.15) is 66.8 Å². The molecule has 0 radical (unpaired) electrons. The Morgan fingerprint density at radius 2 is 1.78 bits per heavy atom. The number of nitrogens with zero attached hydrogens (tertiary/aromatic N) is 1. The zero-order valence-corrected chi connectivity index (χ0v) is 19.7. The van der Waals surface area contributed by atoms with Crippen LogP contribution in [0.15, 0.2) is 36.4 Å². The van der Waals surface area contributed by atoms with E-state index in [0.717, 1.165) is 11.2 Å². The molecule has 0 aliphatic heterocycles. The smallest absolute Gasteiger partial charge is 0.340 e. The van der Waals surface area contributed by atoms with E-state index < -0.39 is 17.9 Å². The molecule has 3 rings (SSSR count). The summed E-state index contributed by atoms with van der Waals surface area (Å²) in [4.78, 5) is 26.2. The molecule has 0 aliphatic carbocycles. The van der Waals surface area contributed by atoms with Gasteiger partial charge in [-0.25, -0.2) is 4.79 Å². The van der Waals surface area contributed by atoms with Crippen LogP contribution in [-0.4, -0.2) is 34.8 Å². The fourth-order valence-electron chi connectivity index (χ4n) is 4.25. The van der Waals surface area contributed by atoms with Crippen LogP contribution in [0.2, 0.25) is 5.02 Å². The van der Waals surface area contributed by atoms with Gasteiger partial charge in [-0.2, -0.15) is 0 Å². The number of rotatable bonds is 7. The Labute approximate surface area is 192 Å². The van der Waals surface area contributed by atoms with Crippen LogP contribution in [0.4, 0.5) is 0 Å². The van der Waals surface area contributed by atoms with E-state index in [2.05, 4.69) is 4.57 Å². The number of hydrogen-bond donors (Lipinski definition) is 1. The maximum absolute atomic E-state index is 13.2. The molecule has 1 aromatic heterocycles. The summed E-state index contributed by atoms with van der Waals surface area (Å²) in [5.74, 6) is -1.92. The summed E-state index contributed by atoms with van der Waals surface area (Å²) in [6.45, 7) is 9.88. The predicted octanol–water partition coefficient (Wildman–Crippen LogP) is 5.76. The van der Waals surface area contributed by atoms with Crippen LogP contribution in [0.3, 0.4) is 0 Å². The van der Waals surface area contributed by atoms with Crippen molar-refractivity contribution in [1.29, 1.82) is 0 Å². The lowest BCUT2D eigenvalue weighted by Crippen LogP contribution is -2.18. The zero-order chi connectivity index (χ0) is 23.6. The molecule has 0 bridgehead atoms. The van der Waals surface area contributed by atoms with E-state index in [0.29, 0.717) is 22.1 Å². The lowest BCUT2D eigenvalue weighted by atomic mass is 9.87. The molecule has 3 aromatic rings. The number of hydrogen-bond acceptors (Lipinski definition) is 5. The third kappa shape index (κ3) is 4.19. The standard InChI is InChI=1S/C25H28ClNO5/c1-6-31-24(29)21-15(5)27(14(3)4)19-10-8-9-17(23(19)21)22(25(30)32-7-2)16-11-12-18(26)20(28)13-16/h8-14,22,28H,6-7H2,1-5H3. The number of carbonyl (C=O) groups is 2. The molecular weight excluding hydrogens is 430 g/mol. The average molecular weight is 458 g/mol. The van der Waals surface area contributed by atoms with E-state index in [4.69, 9.17) is 21.1 Å².